The molecular weight excluding hydrogens is 546 g/mol. The molecule has 0 aliphatic carbocycles. The van der Waals surface area contributed by atoms with E-state index in [2.05, 4.69) is 181 Å². The summed E-state index contributed by atoms with van der Waals surface area (Å²) in [5.74, 6) is 0.842. The number of ether oxygens (including phenoxy) is 1. The minimum atomic E-state index is 0.506. The first-order chi connectivity index (χ1) is 22.3. The molecule has 0 aromatic heterocycles. The Morgan fingerprint density at radius 1 is 0.489 bits per heavy atom. The van der Waals surface area contributed by atoms with E-state index in [0.29, 0.717) is 6.61 Å². The Hall–Kier alpha value is -5.86. The van der Waals surface area contributed by atoms with Crippen molar-refractivity contribution in [1.82, 2.24) is 0 Å². The van der Waals surface area contributed by atoms with Gasteiger partial charge in [0.15, 0.2) is 0 Å². The predicted octanol–water partition coefficient (Wildman–Crippen LogP) is 11.5. The lowest BCUT2D eigenvalue weighted by Gasteiger charge is -2.25. The van der Waals surface area contributed by atoms with E-state index in [1.54, 1.807) is 6.08 Å². The highest BCUT2D eigenvalue weighted by atomic mass is 16.5. The fraction of sp³-hybridized carbons (Fsp3) is 0.0233. The summed E-state index contributed by atoms with van der Waals surface area (Å²) in [7, 11) is 0. The number of anilines is 3. The van der Waals surface area contributed by atoms with E-state index >= 15 is 0 Å². The largest absolute Gasteiger partial charge is 0.490 e. The van der Waals surface area contributed by atoms with Crippen LogP contribution in [-0.4, -0.2) is 6.61 Å². The van der Waals surface area contributed by atoms with Gasteiger partial charge in [0.05, 0.1) is 0 Å². The average molecular weight is 582 g/mol. The lowest BCUT2D eigenvalue weighted by Crippen LogP contribution is -2.09. The Morgan fingerprint density at radius 3 is 1.40 bits per heavy atom. The first-order valence-electron chi connectivity index (χ1n) is 15.2. The van der Waals surface area contributed by atoms with Gasteiger partial charge in [-0.1, -0.05) is 140 Å². The van der Waals surface area contributed by atoms with Gasteiger partial charge < -0.3 is 9.64 Å². The van der Waals surface area contributed by atoms with E-state index in [-0.39, 0.29) is 0 Å². The molecule has 0 saturated heterocycles. The van der Waals surface area contributed by atoms with Crippen molar-refractivity contribution in [2.45, 2.75) is 0 Å². The third-order valence-corrected chi connectivity index (χ3v) is 7.51. The van der Waals surface area contributed by atoms with Gasteiger partial charge in [0, 0.05) is 17.1 Å². The average Bonchev–Trinajstić information content (AvgIpc) is 3.12. The van der Waals surface area contributed by atoms with E-state index in [0.717, 1.165) is 39.5 Å². The van der Waals surface area contributed by atoms with Crippen molar-refractivity contribution < 1.29 is 4.74 Å². The zero-order chi connectivity index (χ0) is 30.7. The van der Waals surface area contributed by atoms with Gasteiger partial charge >= 0.3 is 0 Å². The lowest BCUT2D eigenvalue weighted by molar-refractivity contribution is 0.363. The normalized spacial score (nSPS) is 10.8. The minimum Gasteiger partial charge on any atom is -0.490 e. The Morgan fingerprint density at radius 2 is 0.911 bits per heavy atom. The van der Waals surface area contributed by atoms with Crippen LogP contribution in [0.15, 0.2) is 176 Å². The Balaban J connectivity index is 1.26. The van der Waals surface area contributed by atoms with Gasteiger partial charge in [-0.25, -0.2) is 0 Å². The second kappa shape index (κ2) is 14.5. The van der Waals surface area contributed by atoms with Gasteiger partial charge in [-0.15, -0.1) is 0 Å². The van der Waals surface area contributed by atoms with Crippen molar-refractivity contribution in [2.24, 2.45) is 0 Å². The summed E-state index contributed by atoms with van der Waals surface area (Å²) in [4.78, 5) is 2.29. The highest BCUT2D eigenvalue weighted by Crippen LogP contribution is 2.35. The maximum atomic E-state index is 5.59. The van der Waals surface area contributed by atoms with E-state index in [1.165, 1.54) is 16.7 Å². The summed E-state index contributed by atoms with van der Waals surface area (Å²) >= 11 is 0. The summed E-state index contributed by atoms with van der Waals surface area (Å²) in [6, 6.07) is 57.2. The molecule has 0 aliphatic rings. The first-order valence-corrected chi connectivity index (χ1v) is 15.2. The minimum absolute atomic E-state index is 0.506. The molecule has 0 unspecified atom stereocenters. The van der Waals surface area contributed by atoms with Gasteiger partial charge in [0.25, 0.3) is 0 Å². The van der Waals surface area contributed by atoms with E-state index < -0.39 is 0 Å². The molecule has 0 heterocycles. The zero-order valence-corrected chi connectivity index (χ0v) is 25.2. The predicted molar refractivity (Wildman–Crippen MR) is 192 cm³/mol. The van der Waals surface area contributed by atoms with Crippen LogP contribution in [0.1, 0.15) is 27.8 Å². The Kier molecular flexibility index (Phi) is 9.45. The summed E-state index contributed by atoms with van der Waals surface area (Å²) < 4.78 is 5.59. The molecule has 6 rings (SSSR count). The van der Waals surface area contributed by atoms with Gasteiger partial charge in [0.1, 0.15) is 12.4 Å². The van der Waals surface area contributed by atoms with Crippen molar-refractivity contribution in [3.05, 3.63) is 204 Å². The SMILES string of the molecule is C=CCOc1ccc(C=Cc2ccc(N(c3ccccc3)c3ccc(C=C(c4ccccc4)c4ccccc4)cc3)cc2)cc1. The van der Waals surface area contributed by atoms with Crippen molar-refractivity contribution in [3.63, 3.8) is 0 Å². The van der Waals surface area contributed by atoms with Gasteiger partial charge in [-0.3, -0.25) is 0 Å². The second-order valence-electron chi connectivity index (χ2n) is 10.6. The van der Waals surface area contributed by atoms with Crippen LogP contribution in [0.2, 0.25) is 0 Å². The lowest BCUT2D eigenvalue weighted by atomic mass is 9.95. The molecule has 45 heavy (non-hydrogen) atoms. The molecule has 0 radical (unpaired) electrons. The molecule has 0 saturated carbocycles. The van der Waals surface area contributed by atoms with Crippen molar-refractivity contribution in [1.29, 1.82) is 0 Å². The smallest absolute Gasteiger partial charge is 0.119 e. The summed E-state index contributed by atoms with van der Waals surface area (Å²) in [5, 5.41) is 0. The molecule has 6 aromatic rings. The molecule has 6 aromatic carbocycles. The monoisotopic (exact) mass is 581 g/mol. The third-order valence-electron chi connectivity index (χ3n) is 7.51. The molecule has 0 fully saturated rings. The maximum Gasteiger partial charge on any atom is 0.119 e. The fourth-order valence-corrected chi connectivity index (χ4v) is 5.24. The highest BCUT2D eigenvalue weighted by Gasteiger charge is 2.12. The maximum absolute atomic E-state index is 5.59. The topological polar surface area (TPSA) is 12.5 Å². The summed E-state index contributed by atoms with van der Waals surface area (Å²) in [6.07, 6.45) is 8.27. The fourth-order valence-electron chi connectivity index (χ4n) is 5.24. The number of rotatable bonds is 11. The van der Waals surface area contributed by atoms with Crippen LogP contribution in [0.25, 0.3) is 23.8 Å². The zero-order valence-electron chi connectivity index (χ0n) is 25.2. The molecule has 218 valence electrons. The van der Waals surface area contributed by atoms with E-state index in [1.807, 2.05) is 12.1 Å². The van der Waals surface area contributed by atoms with E-state index in [9.17, 15) is 0 Å². The van der Waals surface area contributed by atoms with Crippen LogP contribution < -0.4 is 9.64 Å². The number of hydrogen-bond donors (Lipinski definition) is 0. The number of benzene rings is 6. The quantitative estimate of drug-likeness (QED) is 0.111. The molecule has 2 nitrogen and oxygen atoms in total. The van der Waals surface area contributed by atoms with E-state index in [4.69, 9.17) is 4.74 Å². The van der Waals surface area contributed by atoms with Crippen LogP contribution in [0.4, 0.5) is 17.1 Å². The van der Waals surface area contributed by atoms with Crippen LogP contribution >= 0.6 is 0 Å². The molecule has 0 atom stereocenters. The summed E-state index contributed by atoms with van der Waals surface area (Å²) in [5.41, 5.74) is 10.3. The molecule has 2 heteroatoms. The molecule has 0 N–H and O–H groups in total. The molecule has 0 aliphatic heterocycles. The molecule has 0 amide bonds. The van der Waals surface area contributed by atoms with Crippen molar-refractivity contribution in [2.75, 3.05) is 11.5 Å². The second-order valence-corrected chi connectivity index (χ2v) is 10.6. The number of para-hydroxylation sites is 1. The Bertz CT molecular complexity index is 1810. The van der Waals surface area contributed by atoms with Crippen LogP contribution in [0.3, 0.4) is 0 Å². The van der Waals surface area contributed by atoms with Crippen molar-refractivity contribution in [3.8, 4) is 5.75 Å². The van der Waals surface area contributed by atoms with Crippen LogP contribution in [0.5, 0.6) is 5.75 Å². The first kappa shape index (κ1) is 29.2. The number of hydrogen-bond acceptors (Lipinski definition) is 2. The molecular formula is C43H35NO. The molecule has 0 spiro atoms. The third kappa shape index (κ3) is 7.57. The highest BCUT2D eigenvalue weighted by molar-refractivity contribution is 5.91. The van der Waals surface area contributed by atoms with Crippen molar-refractivity contribution >= 4 is 40.9 Å². The molecule has 0 bridgehead atoms. The summed E-state index contributed by atoms with van der Waals surface area (Å²) in [6.45, 7) is 4.20. The number of nitrogens with zero attached hydrogens (tertiary/aromatic N) is 1. The van der Waals surface area contributed by atoms with Crippen LogP contribution in [-0.2, 0) is 0 Å². The standard InChI is InChI=1S/C43H35NO/c1-2-32-45-42-30-24-35(25-31-42)19-18-34-20-26-40(27-21-34)44(39-16-10-5-11-17-39)41-28-22-36(23-29-41)33-43(37-12-6-3-7-13-37)38-14-8-4-9-15-38/h2-31,33H,1,32H2. The van der Waals surface area contributed by atoms with Gasteiger partial charge in [-0.05, 0) is 88.0 Å². The Labute approximate surface area is 266 Å². The van der Waals surface area contributed by atoms with Gasteiger partial charge in [0.2, 0.25) is 0 Å². The van der Waals surface area contributed by atoms with Gasteiger partial charge in [-0.2, -0.15) is 0 Å². The van der Waals surface area contributed by atoms with Crippen LogP contribution in [0, 0.1) is 0 Å².